The number of rotatable bonds is 12. The molecule has 0 amide bonds. The fourth-order valence-corrected chi connectivity index (χ4v) is 5.95. The number of sulfonamides is 1. The topological polar surface area (TPSA) is 82.4 Å². The highest BCUT2D eigenvalue weighted by atomic mass is 32.2. The lowest BCUT2D eigenvalue weighted by atomic mass is 10.2. The van der Waals surface area contributed by atoms with E-state index in [2.05, 4.69) is 0 Å². The van der Waals surface area contributed by atoms with Gasteiger partial charge in [0.15, 0.2) is 0 Å². The monoisotopic (exact) mass is 537 g/mol. The first-order valence-electron chi connectivity index (χ1n) is 12.5. The van der Waals surface area contributed by atoms with Gasteiger partial charge in [0.25, 0.3) is 0 Å². The molecule has 4 aromatic rings. The Hall–Kier alpha value is -3.40. The maximum Gasteiger partial charge on any atom is 0.220 e. The molecule has 202 valence electrons. The van der Waals surface area contributed by atoms with Crippen LogP contribution in [0.1, 0.15) is 43.7 Å². The standard InChI is InChI=1S/C29H35N3O5S/c1-21(2)37-29(27-20-31-17-7-6-8-28(31)30-27)22(3)38(33,34)32(18-23-9-13-25(35-4)14-10-23)19-24-11-15-26(36-5)16-12-24/h6-17,20-22,29H,18-19H2,1-5H3/t22-,29+/m1/s1. The molecule has 4 rings (SSSR count). The van der Waals surface area contributed by atoms with E-state index in [9.17, 15) is 8.42 Å². The summed E-state index contributed by atoms with van der Waals surface area (Å²) in [4.78, 5) is 4.69. The van der Waals surface area contributed by atoms with Gasteiger partial charge in [-0.25, -0.2) is 13.4 Å². The van der Waals surface area contributed by atoms with Crippen LogP contribution in [0.25, 0.3) is 5.65 Å². The third kappa shape index (κ3) is 6.35. The lowest BCUT2D eigenvalue weighted by Crippen LogP contribution is -2.40. The summed E-state index contributed by atoms with van der Waals surface area (Å²) in [5, 5.41) is -0.897. The Morgan fingerprint density at radius 2 is 1.39 bits per heavy atom. The summed E-state index contributed by atoms with van der Waals surface area (Å²) < 4.78 is 48.6. The van der Waals surface area contributed by atoms with E-state index in [1.165, 1.54) is 4.31 Å². The van der Waals surface area contributed by atoms with Crippen molar-refractivity contribution in [2.75, 3.05) is 14.2 Å². The van der Waals surface area contributed by atoms with E-state index in [1.54, 1.807) is 21.1 Å². The molecule has 2 aromatic carbocycles. The van der Waals surface area contributed by atoms with Crippen molar-refractivity contribution in [3.8, 4) is 11.5 Å². The Kier molecular flexibility index (Phi) is 8.71. The number of fused-ring (bicyclic) bond motifs is 1. The predicted octanol–water partition coefficient (Wildman–Crippen LogP) is 5.24. The number of imidazole rings is 1. The first-order valence-corrected chi connectivity index (χ1v) is 14.1. The lowest BCUT2D eigenvalue weighted by molar-refractivity contribution is 0.00346. The molecule has 0 saturated carbocycles. The summed E-state index contributed by atoms with van der Waals surface area (Å²) in [7, 11) is -0.658. The summed E-state index contributed by atoms with van der Waals surface area (Å²) in [5.74, 6) is 1.42. The Morgan fingerprint density at radius 3 is 1.87 bits per heavy atom. The first kappa shape index (κ1) is 27.6. The number of hydrogen-bond donors (Lipinski definition) is 0. The molecule has 0 spiro atoms. The van der Waals surface area contributed by atoms with Crippen LogP contribution in [0.3, 0.4) is 0 Å². The summed E-state index contributed by atoms with van der Waals surface area (Å²) in [6.07, 6.45) is 2.77. The summed E-state index contributed by atoms with van der Waals surface area (Å²) >= 11 is 0. The van der Waals surface area contributed by atoms with Crippen LogP contribution in [-0.4, -0.2) is 47.7 Å². The minimum absolute atomic E-state index is 0.195. The van der Waals surface area contributed by atoms with Crippen LogP contribution in [0, 0.1) is 0 Å². The van der Waals surface area contributed by atoms with Gasteiger partial charge in [0, 0.05) is 25.5 Å². The molecule has 0 saturated heterocycles. The maximum absolute atomic E-state index is 14.3. The van der Waals surface area contributed by atoms with E-state index < -0.39 is 21.4 Å². The molecule has 0 fully saturated rings. The van der Waals surface area contributed by atoms with Gasteiger partial charge >= 0.3 is 0 Å². The summed E-state index contributed by atoms with van der Waals surface area (Å²) in [6, 6.07) is 20.5. The van der Waals surface area contributed by atoms with Crippen LogP contribution in [0.5, 0.6) is 11.5 Å². The highest BCUT2D eigenvalue weighted by Crippen LogP contribution is 2.31. The molecule has 0 N–H and O–H groups in total. The molecule has 8 nitrogen and oxygen atoms in total. The SMILES string of the molecule is COc1ccc(CN(Cc2ccc(OC)cc2)S(=O)(=O)[C@H](C)[C@H](OC(C)C)c2cn3ccccc3n2)cc1. The van der Waals surface area contributed by atoms with Gasteiger partial charge in [0.1, 0.15) is 28.5 Å². The fourth-order valence-electron chi connectivity index (χ4n) is 4.30. The van der Waals surface area contributed by atoms with Crippen molar-refractivity contribution < 1.29 is 22.6 Å². The normalized spacial score (nSPS) is 13.7. The molecule has 2 heterocycles. The Morgan fingerprint density at radius 1 is 0.842 bits per heavy atom. The van der Waals surface area contributed by atoms with E-state index in [-0.39, 0.29) is 19.2 Å². The van der Waals surface area contributed by atoms with E-state index in [4.69, 9.17) is 19.2 Å². The second-order valence-electron chi connectivity index (χ2n) is 9.45. The highest BCUT2D eigenvalue weighted by Gasteiger charge is 2.38. The van der Waals surface area contributed by atoms with Crippen molar-refractivity contribution in [3.05, 3.63) is 95.9 Å². The molecule has 38 heavy (non-hydrogen) atoms. The second kappa shape index (κ2) is 12.0. The van der Waals surface area contributed by atoms with Gasteiger partial charge in [-0.05, 0) is 68.3 Å². The molecule has 0 aliphatic carbocycles. The van der Waals surface area contributed by atoms with E-state index in [0.29, 0.717) is 17.2 Å². The quantitative estimate of drug-likeness (QED) is 0.246. The number of hydrogen-bond acceptors (Lipinski definition) is 6. The molecule has 0 radical (unpaired) electrons. The minimum Gasteiger partial charge on any atom is -0.497 e. The Balaban J connectivity index is 1.70. The number of ether oxygens (including phenoxy) is 3. The third-order valence-corrected chi connectivity index (χ3v) is 8.55. The smallest absolute Gasteiger partial charge is 0.220 e. The maximum atomic E-state index is 14.3. The number of methoxy groups -OCH3 is 2. The zero-order valence-corrected chi connectivity index (χ0v) is 23.3. The van der Waals surface area contributed by atoms with Gasteiger partial charge in [-0.1, -0.05) is 30.3 Å². The summed E-state index contributed by atoms with van der Waals surface area (Å²) in [5.41, 5.74) is 3.01. The van der Waals surface area contributed by atoms with Gasteiger partial charge in [-0.3, -0.25) is 0 Å². The average Bonchev–Trinajstić information content (AvgIpc) is 3.36. The molecule has 2 atom stereocenters. The molecule has 0 unspecified atom stereocenters. The van der Waals surface area contributed by atoms with Gasteiger partial charge < -0.3 is 18.6 Å². The van der Waals surface area contributed by atoms with Crippen molar-refractivity contribution in [2.24, 2.45) is 0 Å². The van der Waals surface area contributed by atoms with Crippen LogP contribution in [0.2, 0.25) is 0 Å². The van der Waals surface area contributed by atoms with Gasteiger partial charge in [0.2, 0.25) is 10.0 Å². The molecule has 0 bridgehead atoms. The highest BCUT2D eigenvalue weighted by molar-refractivity contribution is 7.89. The van der Waals surface area contributed by atoms with E-state index in [1.807, 2.05) is 97.4 Å². The number of nitrogens with zero attached hydrogens (tertiary/aromatic N) is 3. The molecule has 0 aliphatic heterocycles. The molecular formula is C29H35N3O5S. The molecular weight excluding hydrogens is 502 g/mol. The fraction of sp³-hybridized carbons (Fsp3) is 0.345. The Labute approximate surface area is 224 Å². The third-order valence-electron chi connectivity index (χ3n) is 6.38. The second-order valence-corrected chi connectivity index (χ2v) is 11.7. The molecule has 0 aliphatic rings. The predicted molar refractivity (Wildman–Crippen MR) is 148 cm³/mol. The number of benzene rings is 2. The van der Waals surface area contributed by atoms with Crippen LogP contribution in [-0.2, 0) is 27.8 Å². The van der Waals surface area contributed by atoms with Crippen molar-refractivity contribution in [1.82, 2.24) is 13.7 Å². The lowest BCUT2D eigenvalue weighted by Gasteiger charge is -2.31. The first-order chi connectivity index (χ1) is 18.2. The van der Waals surface area contributed by atoms with Crippen molar-refractivity contribution in [2.45, 2.75) is 51.3 Å². The largest absolute Gasteiger partial charge is 0.497 e. The van der Waals surface area contributed by atoms with Gasteiger partial charge in [0.05, 0.1) is 26.0 Å². The minimum atomic E-state index is -3.86. The number of pyridine rings is 1. The van der Waals surface area contributed by atoms with Crippen LogP contribution in [0.15, 0.2) is 79.1 Å². The van der Waals surface area contributed by atoms with Crippen molar-refractivity contribution in [1.29, 1.82) is 0 Å². The summed E-state index contributed by atoms with van der Waals surface area (Å²) in [6.45, 7) is 5.88. The van der Waals surface area contributed by atoms with Crippen molar-refractivity contribution >= 4 is 15.7 Å². The van der Waals surface area contributed by atoms with Gasteiger partial charge in [-0.2, -0.15) is 4.31 Å². The van der Waals surface area contributed by atoms with Crippen LogP contribution in [0.4, 0.5) is 0 Å². The zero-order chi connectivity index (χ0) is 27.3. The van der Waals surface area contributed by atoms with Crippen molar-refractivity contribution in [3.63, 3.8) is 0 Å². The van der Waals surface area contributed by atoms with E-state index in [0.717, 1.165) is 16.8 Å². The van der Waals surface area contributed by atoms with E-state index >= 15 is 0 Å². The average molecular weight is 538 g/mol. The molecule has 9 heteroatoms. The van der Waals surface area contributed by atoms with Gasteiger partial charge in [-0.15, -0.1) is 0 Å². The zero-order valence-electron chi connectivity index (χ0n) is 22.4. The molecule has 2 aromatic heterocycles. The Bertz CT molecular complexity index is 1350. The van der Waals surface area contributed by atoms with Crippen LogP contribution >= 0.6 is 0 Å². The van der Waals surface area contributed by atoms with Crippen LogP contribution < -0.4 is 9.47 Å². The number of aromatic nitrogens is 2.